The van der Waals surface area contributed by atoms with E-state index in [1.165, 1.54) is 12.8 Å². The van der Waals surface area contributed by atoms with Crippen molar-refractivity contribution in [3.8, 4) is 0 Å². The van der Waals surface area contributed by atoms with Crippen LogP contribution >= 0.6 is 0 Å². The number of hydrogen-bond acceptors (Lipinski definition) is 3. The Morgan fingerprint density at radius 3 is 2.59 bits per heavy atom. The number of piperidine rings is 1. The summed E-state index contributed by atoms with van der Waals surface area (Å²) < 4.78 is 0. The first-order chi connectivity index (χ1) is 8.18. The molecule has 4 heteroatoms. The van der Waals surface area contributed by atoms with Crippen LogP contribution in [0.3, 0.4) is 0 Å². The lowest BCUT2D eigenvalue weighted by Crippen LogP contribution is -2.50. The zero-order valence-corrected chi connectivity index (χ0v) is 10.5. The second-order valence-corrected chi connectivity index (χ2v) is 5.56. The standard InChI is InChI=1S/C13H24N2O2/c16-12-6-5-11(9-14-12)15-10-13(17)7-3-1-2-4-8-13/h11,15,17H,1-10H2,(H,14,16). The molecule has 0 spiro atoms. The van der Waals surface area contributed by atoms with Gasteiger partial charge in [0.2, 0.25) is 5.91 Å². The third-order valence-corrected chi connectivity index (χ3v) is 4.02. The Labute approximate surface area is 103 Å². The van der Waals surface area contributed by atoms with Gasteiger partial charge in [0.25, 0.3) is 0 Å². The lowest BCUT2D eigenvalue weighted by atomic mass is 9.93. The predicted octanol–water partition coefficient (Wildman–Crippen LogP) is 0.940. The average molecular weight is 240 g/mol. The van der Waals surface area contributed by atoms with Gasteiger partial charge in [-0.1, -0.05) is 25.7 Å². The summed E-state index contributed by atoms with van der Waals surface area (Å²) in [5, 5.41) is 16.8. The van der Waals surface area contributed by atoms with Crippen LogP contribution in [0.25, 0.3) is 0 Å². The zero-order chi connectivity index (χ0) is 12.1. The summed E-state index contributed by atoms with van der Waals surface area (Å²) in [5.74, 6) is 0.149. The van der Waals surface area contributed by atoms with Crippen LogP contribution in [-0.4, -0.2) is 35.7 Å². The minimum absolute atomic E-state index is 0.149. The Hall–Kier alpha value is -0.610. The molecule has 0 radical (unpaired) electrons. The van der Waals surface area contributed by atoms with Crippen molar-refractivity contribution >= 4 is 5.91 Å². The molecule has 1 amide bonds. The Balaban J connectivity index is 1.74. The molecular weight excluding hydrogens is 216 g/mol. The fourth-order valence-electron chi connectivity index (χ4n) is 2.80. The lowest BCUT2D eigenvalue weighted by molar-refractivity contribution is -0.122. The molecule has 17 heavy (non-hydrogen) atoms. The van der Waals surface area contributed by atoms with Gasteiger partial charge in [0.1, 0.15) is 0 Å². The van der Waals surface area contributed by atoms with Crippen molar-refractivity contribution in [1.82, 2.24) is 10.6 Å². The van der Waals surface area contributed by atoms with Crippen molar-refractivity contribution in [2.75, 3.05) is 13.1 Å². The molecule has 2 aliphatic rings. The largest absolute Gasteiger partial charge is 0.389 e. The van der Waals surface area contributed by atoms with Crippen LogP contribution < -0.4 is 10.6 Å². The van der Waals surface area contributed by atoms with E-state index in [2.05, 4.69) is 10.6 Å². The van der Waals surface area contributed by atoms with Gasteiger partial charge in [-0.05, 0) is 19.3 Å². The molecule has 98 valence electrons. The highest BCUT2D eigenvalue weighted by Gasteiger charge is 2.29. The molecule has 1 atom stereocenters. The molecule has 1 saturated carbocycles. The summed E-state index contributed by atoms with van der Waals surface area (Å²) in [6.45, 7) is 1.38. The summed E-state index contributed by atoms with van der Waals surface area (Å²) in [4.78, 5) is 11.0. The van der Waals surface area contributed by atoms with Gasteiger partial charge in [-0.15, -0.1) is 0 Å². The van der Waals surface area contributed by atoms with E-state index in [-0.39, 0.29) is 5.91 Å². The number of amides is 1. The van der Waals surface area contributed by atoms with E-state index in [0.717, 1.165) is 32.1 Å². The van der Waals surface area contributed by atoms with Gasteiger partial charge in [0.05, 0.1) is 5.60 Å². The summed E-state index contributed by atoms with van der Waals surface area (Å²) in [6, 6.07) is 0.333. The number of nitrogens with one attached hydrogen (secondary N) is 2. The third kappa shape index (κ3) is 3.96. The normalized spacial score (nSPS) is 29.5. The summed E-state index contributed by atoms with van der Waals surface area (Å²) in [7, 11) is 0. The van der Waals surface area contributed by atoms with Crippen molar-refractivity contribution < 1.29 is 9.90 Å². The topological polar surface area (TPSA) is 61.4 Å². The first kappa shape index (κ1) is 12.8. The zero-order valence-electron chi connectivity index (χ0n) is 10.5. The smallest absolute Gasteiger partial charge is 0.220 e. The monoisotopic (exact) mass is 240 g/mol. The van der Waals surface area contributed by atoms with Crippen LogP contribution in [0.5, 0.6) is 0 Å². The number of aliphatic hydroxyl groups is 1. The van der Waals surface area contributed by atoms with Crippen LogP contribution in [0.1, 0.15) is 51.4 Å². The maximum Gasteiger partial charge on any atom is 0.220 e. The first-order valence-corrected chi connectivity index (χ1v) is 6.90. The van der Waals surface area contributed by atoms with E-state index in [4.69, 9.17) is 0 Å². The fraction of sp³-hybridized carbons (Fsp3) is 0.923. The highest BCUT2D eigenvalue weighted by molar-refractivity contribution is 5.76. The maximum atomic E-state index is 11.0. The van der Waals surface area contributed by atoms with E-state index >= 15 is 0 Å². The summed E-state index contributed by atoms with van der Waals surface area (Å²) in [6.07, 6.45) is 8.11. The number of hydrogen-bond donors (Lipinski definition) is 3. The van der Waals surface area contributed by atoms with Crippen molar-refractivity contribution in [3.05, 3.63) is 0 Å². The van der Waals surface area contributed by atoms with Crippen LogP contribution in [-0.2, 0) is 4.79 Å². The molecule has 0 aromatic rings. The van der Waals surface area contributed by atoms with Gasteiger partial charge in [0, 0.05) is 25.6 Å². The SMILES string of the molecule is O=C1CCC(NCC2(O)CCCCCC2)CN1. The molecule has 4 nitrogen and oxygen atoms in total. The molecule has 0 bridgehead atoms. The number of carbonyl (C=O) groups excluding carboxylic acids is 1. The van der Waals surface area contributed by atoms with Gasteiger partial charge in [-0.25, -0.2) is 0 Å². The Morgan fingerprint density at radius 1 is 1.29 bits per heavy atom. The third-order valence-electron chi connectivity index (χ3n) is 4.02. The molecule has 1 aliphatic heterocycles. The predicted molar refractivity (Wildman–Crippen MR) is 66.7 cm³/mol. The molecule has 1 saturated heterocycles. The van der Waals surface area contributed by atoms with E-state index in [9.17, 15) is 9.90 Å². The molecule has 3 N–H and O–H groups in total. The lowest BCUT2D eigenvalue weighted by Gasteiger charge is -2.31. The van der Waals surface area contributed by atoms with Gasteiger partial charge in [0.15, 0.2) is 0 Å². The molecule has 0 aromatic carbocycles. The highest BCUT2D eigenvalue weighted by Crippen LogP contribution is 2.26. The minimum Gasteiger partial charge on any atom is -0.389 e. The summed E-state index contributed by atoms with van der Waals surface area (Å²) >= 11 is 0. The van der Waals surface area contributed by atoms with E-state index in [1.54, 1.807) is 0 Å². The molecule has 0 aromatic heterocycles. The van der Waals surface area contributed by atoms with Gasteiger partial charge in [-0.3, -0.25) is 4.79 Å². The molecule has 1 unspecified atom stereocenters. The van der Waals surface area contributed by atoms with Gasteiger partial charge >= 0.3 is 0 Å². The van der Waals surface area contributed by atoms with Crippen molar-refractivity contribution in [1.29, 1.82) is 0 Å². The minimum atomic E-state index is -0.516. The second kappa shape index (κ2) is 5.83. The van der Waals surface area contributed by atoms with Crippen molar-refractivity contribution in [2.45, 2.75) is 63.0 Å². The molecule has 2 fully saturated rings. The van der Waals surface area contributed by atoms with E-state index < -0.39 is 5.60 Å². The van der Waals surface area contributed by atoms with E-state index in [0.29, 0.717) is 25.6 Å². The Morgan fingerprint density at radius 2 is 2.00 bits per heavy atom. The Bertz CT molecular complexity index is 250. The number of rotatable bonds is 3. The Kier molecular flexibility index (Phi) is 4.40. The second-order valence-electron chi connectivity index (χ2n) is 5.56. The van der Waals surface area contributed by atoms with Crippen LogP contribution in [0.15, 0.2) is 0 Å². The maximum absolute atomic E-state index is 11.0. The van der Waals surface area contributed by atoms with Crippen LogP contribution in [0.2, 0.25) is 0 Å². The first-order valence-electron chi connectivity index (χ1n) is 6.90. The van der Waals surface area contributed by atoms with Crippen LogP contribution in [0.4, 0.5) is 0 Å². The van der Waals surface area contributed by atoms with Crippen LogP contribution in [0, 0.1) is 0 Å². The van der Waals surface area contributed by atoms with Gasteiger partial charge < -0.3 is 15.7 Å². The van der Waals surface area contributed by atoms with Crippen molar-refractivity contribution in [3.63, 3.8) is 0 Å². The van der Waals surface area contributed by atoms with Crippen molar-refractivity contribution in [2.24, 2.45) is 0 Å². The quantitative estimate of drug-likeness (QED) is 0.643. The average Bonchev–Trinajstić information content (AvgIpc) is 2.54. The fourth-order valence-corrected chi connectivity index (χ4v) is 2.80. The molecule has 2 rings (SSSR count). The number of carbonyl (C=O) groups is 1. The summed E-state index contributed by atoms with van der Waals surface area (Å²) in [5.41, 5.74) is -0.516. The molecule has 1 aliphatic carbocycles. The van der Waals surface area contributed by atoms with Gasteiger partial charge in [-0.2, -0.15) is 0 Å². The highest BCUT2D eigenvalue weighted by atomic mass is 16.3. The molecule has 1 heterocycles. The van der Waals surface area contributed by atoms with E-state index in [1.807, 2.05) is 0 Å². The molecular formula is C13H24N2O2.